The van der Waals surface area contributed by atoms with E-state index in [0.29, 0.717) is 26.2 Å². The van der Waals surface area contributed by atoms with Crippen LogP contribution < -0.4 is 4.90 Å². The van der Waals surface area contributed by atoms with Crippen molar-refractivity contribution in [2.24, 2.45) is 0 Å². The molecule has 21 heavy (non-hydrogen) atoms. The number of piperazine rings is 1. The molecule has 0 aliphatic carbocycles. The first-order valence-corrected chi connectivity index (χ1v) is 7.16. The Kier molecular flexibility index (Phi) is 3.41. The molecule has 1 N–H and O–H groups in total. The van der Waals surface area contributed by atoms with E-state index in [1.54, 1.807) is 0 Å². The van der Waals surface area contributed by atoms with Crippen LogP contribution in [-0.2, 0) is 0 Å². The molecule has 5 nitrogen and oxygen atoms in total. The summed E-state index contributed by atoms with van der Waals surface area (Å²) in [6, 6.07) is 8.35. The lowest BCUT2D eigenvalue weighted by Crippen LogP contribution is -2.48. The van der Waals surface area contributed by atoms with Crippen molar-refractivity contribution in [1.29, 1.82) is 0 Å². The van der Waals surface area contributed by atoms with Crippen LogP contribution in [0.3, 0.4) is 0 Å². The predicted molar refractivity (Wildman–Crippen MR) is 83.0 cm³/mol. The van der Waals surface area contributed by atoms with E-state index >= 15 is 0 Å². The fourth-order valence-corrected chi connectivity index (χ4v) is 2.84. The molecule has 0 spiro atoms. The molecule has 1 amide bonds. The summed E-state index contributed by atoms with van der Waals surface area (Å²) in [6.45, 7) is 6.58. The third-order valence-corrected chi connectivity index (χ3v) is 4.08. The zero-order chi connectivity index (χ0) is 15.0. The maximum Gasteiger partial charge on any atom is 0.407 e. The molecule has 0 radical (unpaired) electrons. The van der Waals surface area contributed by atoms with Crippen molar-refractivity contribution >= 4 is 22.7 Å². The Morgan fingerprint density at radius 1 is 1.10 bits per heavy atom. The summed E-state index contributed by atoms with van der Waals surface area (Å²) in [6.07, 6.45) is -0.836. The van der Waals surface area contributed by atoms with Crippen molar-refractivity contribution in [3.8, 4) is 0 Å². The number of anilines is 1. The fraction of sp³-hybridized carbons (Fsp3) is 0.375. The first-order chi connectivity index (χ1) is 10.1. The van der Waals surface area contributed by atoms with Gasteiger partial charge in [-0.1, -0.05) is 12.1 Å². The molecule has 2 aromatic rings. The summed E-state index contributed by atoms with van der Waals surface area (Å²) < 4.78 is 0. The molecular weight excluding hydrogens is 266 g/mol. The summed E-state index contributed by atoms with van der Waals surface area (Å²) in [5.74, 6) is 0. The van der Waals surface area contributed by atoms with Crippen molar-refractivity contribution < 1.29 is 9.90 Å². The Morgan fingerprint density at radius 3 is 2.48 bits per heavy atom. The van der Waals surface area contributed by atoms with E-state index in [-0.39, 0.29) is 0 Å². The van der Waals surface area contributed by atoms with Gasteiger partial charge in [-0.25, -0.2) is 4.79 Å². The minimum atomic E-state index is -0.836. The largest absolute Gasteiger partial charge is 0.465 e. The van der Waals surface area contributed by atoms with E-state index < -0.39 is 6.09 Å². The van der Waals surface area contributed by atoms with Crippen LogP contribution in [0.5, 0.6) is 0 Å². The lowest BCUT2D eigenvalue weighted by molar-refractivity contribution is 0.142. The van der Waals surface area contributed by atoms with Gasteiger partial charge in [0, 0.05) is 37.3 Å². The van der Waals surface area contributed by atoms with Crippen LogP contribution in [0.1, 0.15) is 11.3 Å². The fourth-order valence-electron chi connectivity index (χ4n) is 2.84. The van der Waals surface area contributed by atoms with Gasteiger partial charge < -0.3 is 14.9 Å². The third kappa shape index (κ3) is 2.51. The van der Waals surface area contributed by atoms with Crippen LogP contribution in [0, 0.1) is 13.8 Å². The molecular formula is C16H19N3O2. The van der Waals surface area contributed by atoms with E-state index in [1.165, 1.54) is 15.8 Å². The van der Waals surface area contributed by atoms with E-state index in [0.717, 1.165) is 16.9 Å². The van der Waals surface area contributed by atoms with Gasteiger partial charge >= 0.3 is 6.09 Å². The Labute approximate surface area is 123 Å². The molecule has 1 aliphatic rings. The average molecular weight is 285 g/mol. The SMILES string of the molecule is Cc1ccc2c(C)ccc(N3CCN(C(=O)O)CC3)c2n1. The third-order valence-electron chi connectivity index (χ3n) is 4.08. The van der Waals surface area contributed by atoms with Crippen LogP contribution >= 0.6 is 0 Å². The lowest BCUT2D eigenvalue weighted by atomic mass is 10.1. The number of fused-ring (bicyclic) bond motifs is 1. The summed E-state index contributed by atoms with van der Waals surface area (Å²) in [4.78, 5) is 19.4. The molecule has 5 heteroatoms. The Morgan fingerprint density at radius 2 is 1.81 bits per heavy atom. The van der Waals surface area contributed by atoms with Gasteiger partial charge in [-0.15, -0.1) is 0 Å². The van der Waals surface area contributed by atoms with Crippen LogP contribution in [0.2, 0.25) is 0 Å². The van der Waals surface area contributed by atoms with Crippen molar-refractivity contribution in [3.05, 3.63) is 35.5 Å². The van der Waals surface area contributed by atoms with E-state index in [4.69, 9.17) is 10.1 Å². The number of aromatic nitrogens is 1. The quantitative estimate of drug-likeness (QED) is 0.875. The van der Waals surface area contributed by atoms with E-state index in [9.17, 15) is 4.79 Å². The van der Waals surface area contributed by atoms with Gasteiger partial charge in [0.15, 0.2) is 0 Å². The second-order valence-corrected chi connectivity index (χ2v) is 5.51. The van der Waals surface area contributed by atoms with Gasteiger partial charge in [-0.05, 0) is 31.5 Å². The minimum Gasteiger partial charge on any atom is -0.465 e. The Hall–Kier alpha value is -2.30. The second-order valence-electron chi connectivity index (χ2n) is 5.51. The van der Waals surface area contributed by atoms with Gasteiger partial charge in [0.1, 0.15) is 0 Å². The number of hydrogen-bond donors (Lipinski definition) is 1. The molecule has 0 bridgehead atoms. The number of hydrogen-bond acceptors (Lipinski definition) is 3. The standard InChI is InChI=1S/C16H19N3O2/c1-11-3-6-14(15-13(11)5-4-12(2)17-15)18-7-9-19(10-8-18)16(20)21/h3-6H,7-10H2,1-2H3,(H,20,21). The highest BCUT2D eigenvalue weighted by Gasteiger charge is 2.22. The van der Waals surface area contributed by atoms with Crippen molar-refractivity contribution in [2.45, 2.75) is 13.8 Å². The summed E-state index contributed by atoms with van der Waals surface area (Å²) in [5.41, 5.74) is 4.33. The Bertz CT molecular complexity index is 691. The topological polar surface area (TPSA) is 56.7 Å². The molecule has 110 valence electrons. The zero-order valence-electron chi connectivity index (χ0n) is 12.3. The number of amides is 1. The number of aryl methyl sites for hydroxylation is 2. The highest BCUT2D eigenvalue weighted by molar-refractivity contribution is 5.93. The molecule has 1 aromatic heterocycles. The molecule has 1 fully saturated rings. The van der Waals surface area contributed by atoms with Gasteiger partial charge in [0.25, 0.3) is 0 Å². The van der Waals surface area contributed by atoms with Crippen LogP contribution in [0.15, 0.2) is 24.3 Å². The molecule has 1 aromatic carbocycles. The second kappa shape index (κ2) is 5.24. The van der Waals surface area contributed by atoms with Gasteiger partial charge in [-0.2, -0.15) is 0 Å². The maximum atomic E-state index is 11.0. The normalized spacial score (nSPS) is 15.5. The zero-order valence-corrected chi connectivity index (χ0v) is 12.3. The highest BCUT2D eigenvalue weighted by Crippen LogP contribution is 2.28. The van der Waals surface area contributed by atoms with Gasteiger partial charge in [-0.3, -0.25) is 4.98 Å². The average Bonchev–Trinajstić information content (AvgIpc) is 2.47. The molecule has 3 rings (SSSR count). The van der Waals surface area contributed by atoms with Gasteiger partial charge in [0.2, 0.25) is 0 Å². The van der Waals surface area contributed by atoms with Gasteiger partial charge in [0.05, 0.1) is 11.2 Å². The summed E-state index contributed by atoms with van der Waals surface area (Å²) in [5, 5.41) is 10.2. The number of carboxylic acid groups (broad SMARTS) is 1. The lowest BCUT2D eigenvalue weighted by Gasteiger charge is -2.35. The molecule has 0 saturated carbocycles. The number of carbonyl (C=O) groups is 1. The van der Waals surface area contributed by atoms with Crippen LogP contribution in [0.4, 0.5) is 10.5 Å². The maximum absolute atomic E-state index is 11.0. The predicted octanol–water partition coefficient (Wildman–Crippen LogP) is 2.65. The number of pyridine rings is 1. The summed E-state index contributed by atoms with van der Waals surface area (Å²) >= 11 is 0. The van der Waals surface area contributed by atoms with E-state index in [1.807, 2.05) is 13.0 Å². The number of nitrogens with zero attached hydrogens (tertiary/aromatic N) is 3. The van der Waals surface area contributed by atoms with Crippen LogP contribution in [0.25, 0.3) is 10.9 Å². The first kappa shape index (κ1) is 13.7. The molecule has 2 heterocycles. The van der Waals surface area contributed by atoms with Crippen molar-refractivity contribution in [3.63, 3.8) is 0 Å². The highest BCUT2D eigenvalue weighted by atomic mass is 16.4. The minimum absolute atomic E-state index is 0.538. The van der Waals surface area contributed by atoms with Crippen molar-refractivity contribution in [1.82, 2.24) is 9.88 Å². The molecule has 0 atom stereocenters. The monoisotopic (exact) mass is 285 g/mol. The Balaban J connectivity index is 1.96. The molecule has 0 unspecified atom stereocenters. The number of rotatable bonds is 1. The smallest absolute Gasteiger partial charge is 0.407 e. The van der Waals surface area contributed by atoms with E-state index in [2.05, 4.69) is 30.0 Å². The van der Waals surface area contributed by atoms with Crippen molar-refractivity contribution in [2.75, 3.05) is 31.1 Å². The molecule has 1 saturated heterocycles. The summed E-state index contributed by atoms with van der Waals surface area (Å²) in [7, 11) is 0. The molecule has 1 aliphatic heterocycles. The first-order valence-electron chi connectivity index (χ1n) is 7.16. The number of benzene rings is 1. The van der Waals surface area contributed by atoms with Crippen LogP contribution in [-0.4, -0.2) is 47.3 Å².